The summed E-state index contributed by atoms with van der Waals surface area (Å²) in [5.41, 5.74) is 0.316. The van der Waals surface area contributed by atoms with Crippen molar-refractivity contribution >= 4 is 11.8 Å². The number of hydrogen-bond donors (Lipinski definition) is 2. The van der Waals surface area contributed by atoms with Crippen LogP contribution in [-0.2, 0) is 22.3 Å². The number of carbonyl (C=O) groups excluding carboxylic acids is 2. The number of piperazine rings is 1. The molecule has 0 saturated carbocycles. The summed E-state index contributed by atoms with van der Waals surface area (Å²) in [6, 6.07) is 11.0. The van der Waals surface area contributed by atoms with Crippen molar-refractivity contribution in [3.05, 3.63) is 65.2 Å². The number of carbonyl (C=O) groups is 2. The summed E-state index contributed by atoms with van der Waals surface area (Å²) in [6.07, 6.45) is -4.02. The summed E-state index contributed by atoms with van der Waals surface area (Å²) >= 11 is 0. The van der Waals surface area contributed by atoms with Crippen LogP contribution in [0.15, 0.2) is 48.5 Å². The number of alkyl halides is 3. The van der Waals surface area contributed by atoms with Crippen molar-refractivity contribution in [2.24, 2.45) is 0 Å². The van der Waals surface area contributed by atoms with Gasteiger partial charge in [-0.3, -0.25) is 14.5 Å². The van der Waals surface area contributed by atoms with Crippen LogP contribution in [0, 0.1) is 0 Å². The molecule has 2 saturated heterocycles. The molecule has 2 amide bonds. The molecule has 4 atom stereocenters. The Labute approximate surface area is 224 Å². The van der Waals surface area contributed by atoms with Crippen molar-refractivity contribution in [2.75, 3.05) is 32.8 Å². The number of halogens is 3. The summed E-state index contributed by atoms with van der Waals surface area (Å²) in [5, 5.41) is 13.3. The number of amides is 2. The molecule has 2 aromatic rings. The van der Waals surface area contributed by atoms with Gasteiger partial charge in [0.25, 0.3) is 5.91 Å². The molecule has 3 aliphatic heterocycles. The maximum Gasteiger partial charge on any atom is 0.416 e. The Morgan fingerprint density at radius 2 is 1.77 bits per heavy atom. The summed E-state index contributed by atoms with van der Waals surface area (Å²) in [6.45, 7) is 1.65. The van der Waals surface area contributed by atoms with Crippen LogP contribution in [0.2, 0.25) is 0 Å². The van der Waals surface area contributed by atoms with E-state index in [2.05, 4.69) is 5.32 Å². The highest BCUT2D eigenvalue weighted by atomic mass is 19.4. The van der Waals surface area contributed by atoms with Gasteiger partial charge in [0, 0.05) is 39.1 Å². The molecule has 0 radical (unpaired) electrons. The second kappa shape index (κ2) is 11.5. The van der Waals surface area contributed by atoms with Gasteiger partial charge >= 0.3 is 6.18 Å². The van der Waals surface area contributed by atoms with Gasteiger partial charge in [0.1, 0.15) is 17.9 Å². The van der Waals surface area contributed by atoms with E-state index in [1.54, 1.807) is 24.3 Å². The normalized spacial score (nSPS) is 27.0. The molecule has 0 aliphatic carbocycles. The second-order valence-electron chi connectivity index (χ2n) is 10.3. The van der Waals surface area contributed by atoms with Gasteiger partial charge < -0.3 is 24.8 Å². The van der Waals surface area contributed by atoms with Gasteiger partial charge in [0.15, 0.2) is 0 Å². The number of aliphatic hydroxyl groups is 1. The van der Waals surface area contributed by atoms with Crippen molar-refractivity contribution in [1.82, 2.24) is 15.1 Å². The third-order valence-corrected chi connectivity index (χ3v) is 7.59. The smallest absolute Gasteiger partial charge is 0.416 e. The van der Waals surface area contributed by atoms with E-state index in [9.17, 15) is 27.9 Å². The first kappa shape index (κ1) is 27.4. The minimum absolute atomic E-state index is 0.103. The van der Waals surface area contributed by atoms with E-state index in [1.165, 1.54) is 17.0 Å². The lowest BCUT2D eigenvalue weighted by molar-refractivity contribution is -0.137. The van der Waals surface area contributed by atoms with Crippen LogP contribution >= 0.6 is 0 Å². The van der Waals surface area contributed by atoms with Crippen LogP contribution in [0.1, 0.15) is 40.7 Å². The number of aliphatic hydroxyl groups excluding tert-OH is 1. The number of ether oxygens (including phenoxy) is 2. The van der Waals surface area contributed by atoms with Crippen molar-refractivity contribution in [3.63, 3.8) is 0 Å². The average molecular weight is 548 g/mol. The number of nitrogens with zero attached hydrogens (tertiary/aromatic N) is 2. The molecule has 0 spiro atoms. The molecule has 2 fully saturated rings. The lowest BCUT2D eigenvalue weighted by Crippen LogP contribution is -2.61. The highest BCUT2D eigenvalue weighted by Crippen LogP contribution is 2.30. The van der Waals surface area contributed by atoms with E-state index in [-0.39, 0.29) is 37.6 Å². The molecule has 2 aromatic carbocycles. The number of hydrogen-bond acceptors (Lipinski definition) is 6. The van der Waals surface area contributed by atoms with Crippen LogP contribution in [0.4, 0.5) is 13.2 Å². The average Bonchev–Trinajstić information content (AvgIpc) is 2.92. The van der Waals surface area contributed by atoms with Crippen molar-refractivity contribution in [1.29, 1.82) is 0 Å². The standard InChI is InChI=1S/C28H32F3N3O5/c29-28(30,31)19-7-5-18(6-8-19)16-33-12-13-34-22(17-33)26(36)32-15-25-23(35)10-9-20(39-25)11-14-38-24-4-2-1-3-21(24)27(34)37/h1-8,20,22-23,25,35H,9-17H2,(H,32,36)/t20-,22-,23-,25+/m0/s1. The zero-order valence-electron chi connectivity index (χ0n) is 21.4. The minimum atomic E-state index is -4.41. The molecule has 8 nitrogen and oxygen atoms in total. The van der Waals surface area contributed by atoms with Gasteiger partial charge in [-0.1, -0.05) is 24.3 Å². The van der Waals surface area contributed by atoms with Gasteiger partial charge in [-0.05, 0) is 42.7 Å². The summed E-state index contributed by atoms with van der Waals surface area (Å²) in [7, 11) is 0. The summed E-state index contributed by atoms with van der Waals surface area (Å²) < 4.78 is 50.9. The van der Waals surface area contributed by atoms with E-state index in [0.717, 1.165) is 12.1 Å². The monoisotopic (exact) mass is 547 g/mol. The molecule has 2 bridgehead atoms. The number of nitrogens with one attached hydrogen (secondary N) is 1. The molecule has 3 aliphatic rings. The molecule has 210 valence electrons. The molecule has 5 rings (SSSR count). The van der Waals surface area contributed by atoms with Crippen LogP contribution < -0.4 is 10.1 Å². The van der Waals surface area contributed by atoms with Gasteiger partial charge in [-0.15, -0.1) is 0 Å². The highest BCUT2D eigenvalue weighted by Gasteiger charge is 2.38. The van der Waals surface area contributed by atoms with Crippen LogP contribution in [0.5, 0.6) is 5.75 Å². The highest BCUT2D eigenvalue weighted by molar-refractivity contribution is 6.00. The Hall–Kier alpha value is -3.15. The van der Waals surface area contributed by atoms with E-state index in [4.69, 9.17) is 9.47 Å². The zero-order valence-corrected chi connectivity index (χ0v) is 21.4. The molecule has 0 unspecified atom stereocenters. The largest absolute Gasteiger partial charge is 0.493 e. The first-order valence-corrected chi connectivity index (χ1v) is 13.2. The Kier molecular flexibility index (Phi) is 8.11. The lowest BCUT2D eigenvalue weighted by Gasteiger charge is -2.41. The van der Waals surface area contributed by atoms with Crippen LogP contribution in [0.25, 0.3) is 0 Å². The SMILES string of the molecule is O=C1NC[C@H]2O[C@H](CCOc3ccccc3C(=O)N3CCN(Cc4ccc(C(F)(F)F)cc4)C[C@@H]13)CC[C@@H]2O. The van der Waals surface area contributed by atoms with E-state index in [0.29, 0.717) is 55.8 Å². The summed E-state index contributed by atoms with van der Waals surface area (Å²) in [4.78, 5) is 30.6. The number of para-hydroxylation sites is 1. The van der Waals surface area contributed by atoms with E-state index >= 15 is 0 Å². The van der Waals surface area contributed by atoms with Gasteiger partial charge in [0.05, 0.1) is 29.9 Å². The van der Waals surface area contributed by atoms with Crippen LogP contribution in [0.3, 0.4) is 0 Å². The molecular formula is C28H32F3N3O5. The number of rotatable bonds is 2. The maximum atomic E-state index is 13.7. The maximum absolute atomic E-state index is 13.7. The van der Waals surface area contributed by atoms with Crippen molar-refractivity contribution in [2.45, 2.75) is 56.3 Å². The lowest BCUT2D eigenvalue weighted by atomic mass is 9.99. The fraction of sp³-hybridized carbons (Fsp3) is 0.500. The fourth-order valence-electron chi connectivity index (χ4n) is 5.40. The third kappa shape index (κ3) is 6.37. The minimum Gasteiger partial charge on any atom is -0.493 e. The van der Waals surface area contributed by atoms with Crippen molar-refractivity contribution in [3.8, 4) is 5.75 Å². The predicted molar refractivity (Wildman–Crippen MR) is 135 cm³/mol. The second-order valence-corrected chi connectivity index (χ2v) is 10.3. The number of benzene rings is 2. The van der Waals surface area contributed by atoms with E-state index < -0.39 is 30.0 Å². The first-order chi connectivity index (χ1) is 18.7. The molecule has 11 heteroatoms. The molecule has 3 heterocycles. The van der Waals surface area contributed by atoms with E-state index in [1.807, 2.05) is 4.90 Å². The van der Waals surface area contributed by atoms with Gasteiger partial charge in [-0.2, -0.15) is 13.2 Å². The molecule has 0 aromatic heterocycles. The Bertz CT molecular complexity index is 1180. The molecular weight excluding hydrogens is 515 g/mol. The van der Waals surface area contributed by atoms with Gasteiger partial charge in [-0.25, -0.2) is 0 Å². The van der Waals surface area contributed by atoms with Crippen molar-refractivity contribution < 1.29 is 37.3 Å². The Morgan fingerprint density at radius 3 is 2.54 bits per heavy atom. The molecule has 2 N–H and O–H groups in total. The van der Waals surface area contributed by atoms with Gasteiger partial charge in [0.2, 0.25) is 5.91 Å². The summed E-state index contributed by atoms with van der Waals surface area (Å²) in [5.74, 6) is -0.277. The predicted octanol–water partition coefficient (Wildman–Crippen LogP) is 2.84. The Morgan fingerprint density at radius 1 is 1.00 bits per heavy atom. The van der Waals surface area contributed by atoms with Crippen LogP contribution in [-0.4, -0.2) is 83.9 Å². The third-order valence-electron chi connectivity index (χ3n) is 7.59. The number of fused-ring (bicyclic) bond motifs is 4. The topological polar surface area (TPSA) is 91.3 Å². The fourth-order valence-corrected chi connectivity index (χ4v) is 5.40. The first-order valence-electron chi connectivity index (χ1n) is 13.2. The Balaban J connectivity index is 1.38. The molecule has 39 heavy (non-hydrogen) atoms. The quantitative estimate of drug-likeness (QED) is 0.601. The zero-order chi connectivity index (χ0) is 27.6.